The van der Waals surface area contributed by atoms with E-state index in [0.717, 1.165) is 23.5 Å². The summed E-state index contributed by atoms with van der Waals surface area (Å²) in [6, 6.07) is 25.6. The maximum absolute atomic E-state index is 9.07. The van der Waals surface area contributed by atoms with Gasteiger partial charge in [0.05, 0.1) is 12.6 Å². The van der Waals surface area contributed by atoms with Crippen LogP contribution in [0.4, 0.5) is 0 Å². The summed E-state index contributed by atoms with van der Waals surface area (Å²) >= 11 is 0. The van der Waals surface area contributed by atoms with Crippen molar-refractivity contribution in [1.82, 2.24) is 0 Å². The highest BCUT2D eigenvalue weighted by atomic mass is 16.5. The minimum Gasteiger partial charge on any atom is -0.457 e. The molecule has 0 aliphatic heterocycles. The summed E-state index contributed by atoms with van der Waals surface area (Å²) in [5.41, 5.74) is 9.22. The molecule has 122 valence electrons. The Hall–Kier alpha value is -2.62. The van der Waals surface area contributed by atoms with Gasteiger partial charge in [0.2, 0.25) is 0 Å². The van der Waals surface area contributed by atoms with Gasteiger partial charge in [0.25, 0.3) is 0 Å². The Bertz CT molecular complexity index is 752. The van der Waals surface area contributed by atoms with Crippen LogP contribution in [0.1, 0.15) is 22.7 Å². The fourth-order valence-corrected chi connectivity index (χ4v) is 2.53. The second-order valence-corrected chi connectivity index (χ2v) is 5.77. The number of hydrogen-bond donors (Lipinski definition) is 2. The number of nitrogens with two attached hydrogens (primary N) is 1. The van der Waals surface area contributed by atoms with E-state index in [0.29, 0.717) is 0 Å². The van der Waals surface area contributed by atoms with Crippen LogP contribution in [0.15, 0.2) is 78.9 Å². The van der Waals surface area contributed by atoms with Crippen LogP contribution in [0.3, 0.4) is 0 Å². The molecule has 0 aromatic heterocycles. The zero-order valence-corrected chi connectivity index (χ0v) is 13.4. The Labute approximate surface area is 142 Å². The number of aliphatic hydroxyl groups is 1. The third-order valence-corrected chi connectivity index (χ3v) is 3.92. The molecule has 3 heteroatoms. The Morgan fingerprint density at radius 3 is 1.88 bits per heavy atom. The van der Waals surface area contributed by atoms with Crippen LogP contribution in [0, 0.1) is 0 Å². The second kappa shape index (κ2) is 7.77. The summed E-state index contributed by atoms with van der Waals surface area (Å²) in [5, 5.41) is 9.07. The van der Waals surface area contributed by atoms with Gasteiger partial charge in [-0.2, -0.15) is 0 Å². The van der Waals surface area contributed by atoms with Crippen LogP contribution in [0.5, 0.6) is 11.5 Å². The van der Waals surface area contributed by atoms with Gasteiger partial charge in [0, 0.05) is 0 Å². The summed E-state index contributed by atoms with van der Waals surface area (Å²) in [6.45, 7) is -0.0664. The average Bonchev–Trinajstić information content (AvgIpc) is 2.64. The molecule has 0 fully saturated rings. The monoisotopic (exact) mass is 319 g/mol. The first-order valence-electron chi connectivity index (χ1n) is 8.02. The van der Waals surface area contributed by atoms with Crippen LogP contribution in [-0.2, 0) is 6.42 Å². The first kappa shape index (κ1) is 16.2. The Balaban J connectivity index is 1.63. The number of hydrogen-bond acceptors (Lipinski definition) is 3. The number of benzene rings is 3. The van der Waals surface area contributed by atoms with Crippen molar-refractivity contribution in [2.24, 2.45) is 5.73 Å². The van der Waals surface area contributed by atoms with E-state index in [-0.39, 0.29) is 12.6 Å². The highest BCUT2D eigenvalue weighted by molar-refractivity contribution is 5.36. The lowest BCUT2D eigenvalue weighted by molar-refractivity contribution is 0.268. The van der Waals surface area contributed by atoms with Crippen molar-refractivity contribution in [2.45, 2.75) is 12.5 Å². The zero-order valence-electron chi connectivity index (χ0n) is 13.4. The van der Waals surface area contributed by atoms with Crippen molar-refractivity contribution in [2.75, 3.05) is 6.61 Å². The van der Waals surface area contributed by atoms with Gasteiger partial charge in [-0.15, -0.1) is 0 Å². The molecule has 0 unspecified atom stereocenters. The molecule has 0 saturated heterocycles. The molecule has 3 aromatic rings. The van der Waals surface area contributed by atoms with E-state index in [2.05, 4.69) is 36.4 Å². The van der Waals surface area contributed by atoms with Crippen molar-refractivity contribution in [1.29, 1.82) is 0 Å². The molecule has 3 rings (SSSR count). The van der Waals surface area contributed by atoms with Crippen molar-refractivity contribution in [3.63, 3.8) is 0 Å². The molecule has 0 spiro atoms. The Morgan fingerprint density at radius 1 is 0.750 bits per heavy atom. The van der Waals surface area contributed by atoms with Gasteiger partial charge >= 0.3 is 0 Å². The molecule has 1 atom stereocenters. The predicted molar refractivity (Wildman–Crippen MR) is 96.2 cm³/mol. The molecule has 0 amide bonds. The van der Waals surface area contributed by atoms with Crippen molar-refractivity contribution >= 4 is 0 Å². The molecule has 3 N–H and O–H groups in total. The maximum Gasteiger partial charge on any atom is 0.127 e. The fourth-order valence-electron chi connectivity index (χ4n) is 2.53. The molecule has 0 aliphatic rings. The lowest BCUT2D eigenvalue weighted by atomic mass is 10.1. The summed E-state index contributed by atoms with van der Waals surface area (Å²) in [7, 11) is 0. The van der Waals surface area contributed by atoms with Gasteiger partial charge in [-0.1, -0.05) is 54.6 Å². The predicted octanol–water partition coefficient (Wildman–Crippen LogP) is 4.06. The average molecular weight is 319 g/mol. The molecule has 3 aromatic carbocycles. The molecule has 24 heavy (non-hydrogen) atoms. The third kappa shape index (κ3) is 4.22. The lowest BCUT2D eigenvalue weighted by Crippen LogP contribution is -2.14. The fraction of sp³-hybridized carbons (Fsp3) is 0.143. The molecule has 0 saturated carbocycles. The zero-order chi connectivity index (χ0) is 16.8. The van der Waals surface area contributed by atoms with Crippen molar-refractivity contribution < 1.29 is 9.84 Å². The summed E-state index contributed by atoms with van der Waals surface area (Å²) in [5.74, 6) is 1.55. The van der Waals surface area contributed by atoms with Gasteiger partial charge in [0.1, 0.15) is 11.5 Å². The number of aliphatic hydroxyl groups excluding tert-OH is 1. The van der Waals surface area contributed by atoms with Crippen LogP contribution >= 0.6 is 0 Å². The molecular weight excluding hydrogens is 298 g/mol. The van der Waals surface area contributed by atoms with E-state index in [1.807, 2.05) is 42.5 Å². The first-order valence-corrected chi connectivity index (χ1v) is 8.02. The van der Waals surface area contributed by atoms with Crippen molar-refractivity contribution in [3.05, 3.63) is 95.6 Å². The normalized spacial score (nSPS) is 11.9. The maximum atomic E-state index is 9.07. The summed E-state index contributed by atoms with van der Waals surface area (Å²) in [4.78, 5) is 0. The van der Waals surface area contributed by atoms with E-state index in [4.69, 9.17) is 15.6 Å². The van der Waals surface area contributed by atoms with E-state index < -0.39 is 0 Å². The van der Waals surface area contributed by atoms with E-state index in [9.17, 15) is 0 Å². The van der Waals surface area contributed by atoms with Crippen LogP contribution < -0.4 is 10.5 Å². The van der Waals surface area contributed by atoms with E-state index in [1.54, 1.807) is 0 Å². The van der Waals surface area contributed by atoms with Crippen LogP contribution in [0.2, 0.25) is 0 Å². The lowest BCUT2D eigenvalue weighted by Gasteiger charge is -2.10. The topological polar surface area (TPSA) is 55.5 Å². The largest absolute Gasteiger partial charge is 0.457 e. The van der Waals surface area contributed by atoms with Gasteiger partial charge < -0.3 is 15.6 Å². The van der Waals surface area contributed by atoms with Gasteiger partial charge in [-0.05, 0) is 47.4 Å². The molecular formula is C21H21NO2. The van der Waals surface area contributed by atoms with Crippen LogP contribution in [0.25, 0.3) is 0 Å². The third-order valence-electron chi connectivity index (χ3n) is 3.92. The summed E-state index contributed by atoms with van der Waals surface area (Å²) in [6.07, 6.45) is 0.912. The van der Waals surface area contributed by atoms with Crippen molar-refractivity contribution in [3.8, 4) is 11.5 Å². The highest BCUT2D eigenvalue weighted by Gasteiger charge is 2.05. The van der Waals surface area contributed by atoms with Gasteiger partial charge in [-0.25, -0.2) is 0 Å². The van der Waals surface area contributed by atoms with Crippen LogP contribution in [-0.4, -0.2) is 11.7 Å². The van der Waals surface area contributed by atoms with Gasteiger partial charge in [0.15, 0.2) is 0 Å². The SMILES string of the molecule is N[C@@H](CO)c1ccc(Oc2ccc(Cc3ccccc3)cc2)cc1. The second-order valence-electron chi connectivity index (χ2n) is 5.77. The number of rotatable bonds is 6. The highest BCUT2D eigenvalue weighted by Crippen LogP contribution is 2.24. The van der Waals surface area contributed by atoms with E-state index in [1.165, 1.54) is 11.1 Å². The molecule has 0 heterocycles. The first-order chi connectivity index (χ1) is 11.7. The van der Waals surface area contributed by atoms with E-state index >= 15 is 0 Å². The molecule has 0 radical (unpaired) electrons. The smallest absolute Gasteiger partial charge is 0.127 e. The number of ether oxygens (including phenoxy) is 1. The van der Waals surface area contributed by atoms with Gasteiger partial charge in [-0.3, -0.25) is 0 Å². The minimum absolute atomic E-state index is 0.0664. The summed E-state index contributed by atoms with van der Waals surface area (Å²) < 4.78 is 5.85. The Kier molecular flexibility index (Phi) is 5.26. The molecule has 0 bridgehead atoms. The molecule has 3 nitrogen and oxygen atoms in total. The Morgan fingerprint density at radius 2 is 1.29 bits per heavy atom. The minimum atomic E-state index is -0.351. The quantitative estimate of drug-likeness (QED) is 0.720. The standard InChI is InChI=1S/C21H21NO2/c22-21(15-23)18-8-12-20(13-9-18)24-19-10-6-17(7-11-19)14-16-4-2-1-3-5-16/h1-13,21,23H,14-15,22H2/t21-/m0/s1. The molecule has 0 aliphatic carbocycles.